The summed E-state index contributed by atoms with van der Waals surface area (Å²) in [7, 11) is 3.62. The van der Waals surface area contributed by atoms with Crippen LogP contribution >= 0.6 is 0 Å². The van der Waals surface area contributed by atoms with E-state index in [0.717, 1.165) is 18.7 Å². The Labute approximate surface area is 122 Å². The fourth-order valence-corrected chi connectivity index (χ4v) is 2.51. The van der Waals surface area contributed by atoms with Crippen LogP contribution in [0.2, 0.25) is 0 Å². The lowest BCUT2D eigenvalue weighted by atomic mass is 10.0. The molecule has 1 rings (SSSR count). The van der Waals surface area contributed by atoms with Gasteiger partial charge in [0.1, 0.15) is 0 Å². The van der Waals surface area contributed by atoms with Crippen LogP contribution in [-0.4, -0.2) is 45.1 Å². The highest BCUT2D eigenvalue weighted by atomic mass is 16.5. The maximum atomic E-state index is 9.89. The average Bonchev–Trinajstić information content (AvgIpc) is 2.45. The Morgan fingerprint density at radius 1 is 1.30 bits per heavy atom. The minimum absolute atomic E-state index is 0.346. The van der Waals surface area contributed by atoms with E-state index in [1.807, 2.05) is 13.1 Å². The summed E-state index contributed by atoms with van der Waals surface area (Å²) in [6.07, 6.45) is 0.566. The van der Waals surface area contributed by atoms with E-state index in [1.165, 1.54) is 5.56 Å². The van der Waals surface area contributed by atoms with Gasteiger partial charge in [0, 0.05) is 32.4 Å². The van der Waals surface area contributed by atoms with Gasteiger partial charge in [-0.1, -0.05) is 32.0 Å². The van der Waals surface area contributed by atoms with E-state index in [1.54, 1.807) is 7.11 Å². The summed E-state index contributed by atoms with van der Waals surface area (Å²) in [6.45, 7) is 6.17. The lowest BCUT2D eigenvalue weighted by molar-refractivity contribution is 0.0695. The first-order chi connectivity index (χ1) is 9.63. The molecule has 0 radical (unpaired) electrons. The molecule has 0 aliphatic heterocycles. The highest BCUT2D eigenvalue weighted by Gasteiger charge is 2.16. The standard InChI is InChI=1S/C16H28N2O2/c1-5-15(17-6-2)14-9-7-8-10-16(14)18(3)11-13(19)12-20-4/h7-10,13,15,17,19H,5-6,11-12H2,1-4H3. The molecule has 0 bridgehead atoms. The Hall–Kier alpha value is -1.10. The van der Waals surface area contributed by atoms with E-state index < -0.39 is 6.10 Å². The van der Waals surface area contributed by atoms with Crippen LogP contribution in [0.3, 0.4) is 0 Å². The van der Waals surface area contributed by atoms with Crippen molar-refractivity contribution in [2.24, 2.45) is 0 Å². The summed E-state index contributed by atoms with van der Waals surface area (Å²) < 4.78 is 4.99. The number of nitrogens with zero attached hydrogens (tertiary/aromatic N) is 1. The summed E-state index contributed by atoms with van der Waals surface area (Å²) in [5, 5.41) is 13.4. The van der Waals surface area contributed by atoms with Gasteiger partial charge in [0.05, 0.1) is 12.7 Å². The first kappa shape index (κ1) is 17.0. The second-order valence-electron chi connectivity index (χ2n) is 5.07. The third kappa shape index (κ3) is 4.78. The summed E-state index contributed by atoms with van der Waals surface area (Å²) in [5.41, 5.74) is 2.44. The second-order valence-corrected chi connectivity index (χ2v) is 5.07. The average molecular weight is 280 g/mol. The Morgan fingerprint density at radius 3 is 2.60 bits per heavy atom. The molecule has 0 heterocycles. The van der Waals surface area contributed by atoms with E-state index in [-0.39, 0.29) is 0 Å². The molecule has 1 aromatic rings. The number of hydrogen-bond acceptors (Lipinski definition) is 4. The van der Waals surface area contributed by atoms with Crippen molar-refractivity contribution in [2.45, 2.75) is 32.4 Å². The Kier molecular flexibility index (Phi) is 7.59. The van der Waals surface area contributed by atoms with Crippen molar-refractivity contribution in [3.05, 3.63) is 29.8 Å². The van der Waals surface area contributed by atoms with Crippen molar-refractivity contribution in [3.63, 3.8) is 0 Å². The van der Waals surface area contributed by atoms with Gasteiger partial charge in [-0.3, -0.25) is 0 Å². The molecule has 0 fully saturated rings. The van der Waals surface area contributed by atoms with Gasteiger partial charge in [0.25, 0.3) is 0 Å². The van der Waals surface area contributed by atoms with Crippen LogP contribution in [-0.2, 0) is 4.74 Å². The third-order valence-electron chi connectivity index (χ3n) is 3.43. The SMILES string of the molecule is CCNC(CC)c1ccccc1N(C)CC(O)COC. The highest BCUT2D eigenvalue weighted by Crippen LogP contribution is 2.27. The predicted molar refractivity (Wildman–Crippen MR) is 84.3 cm³/mol. The molecule has 0 saturated carbocycles. The molecular weight excluding hydrogens is 252 g/mol. The number of anilines is 1. The van der Waals surface area contributed by atoms with E-state index in [4.69, 9.17) is 4.74 Å². The normalized spacial score (nSPS) is 14.1. The number of hydrogen-bond donors (Lipinski definition) is 2. The van der Waals surface area contributed by atoms with Gasteiger partial charge in [-0.05, 0) is 24.6 Å². The van der Waals surface area contributed by atoms with Crippen molar-refractivity contribution < 1.29 is 9.84 Å². The van der Waals surface area contributed by atoms with Crippen LogP contribution in [0, 0.1) is 0 Å². The second kappa shape index (κ2) is 8.95. The maximum absolute atomic E-state index is 9.89. The first-order valence-corrected chi connectivity index (χ1v) is 7.34. The molecule has 20 heavy (non-hydrogen) atoms. The Balaban J connectivity index is 2.88. The molecule has 114 valence electrons. The van der Waals surface area contributed by atoms with E-state index >= 15 is 0 Å². The van der Waals surface area contributed by atoms with Crippen LogP contribution in [0.15, 0.2) is 24.3 Å². The molecule has 1 aromatic carbocycles. The molecule has 4 nitrogen and oxygen atoms in total. The molecule has 0 saturated heterocycles. The van der Waals surface area contributed by atoms with E-state index in [9.17, 15) is 5.11 Å². The van der Waals surface area contributed by atoms with Gasteiger partial charge in [0.2, 0.25) is 0 Å². The lowest BCUT2D eigenvalue weighted by Crippen LogP contribution is -2.33. The first-order valence-electron chi connectivity index (χ1n) is 7.34. The van der Waals surface area contributed by atoms with Gasteiger partial charge in [0.15, 0.2) is 0 Å². The van der Waals surface area contributed by atoms with Crippen molar-refractivity contribution in [2.75, 3.05) is 38.8 Å². The van der Waals surface area contributed by atoms with Crippen LogP contribution < -0.4 is 10.2 Å². The van der Waals surface area contributed by atoms with Gasteiger partial charge >= 0.3 is 0 Å². The molecule has 2 N–H and O–H groups in total. The van der Waals surface area contributed by atoms with E-state index in [2.05, 4.69) is 42.3 Å². The van der Waals surface area contributed by atoms with Gasteiger partial charge < -0.3 is 20.1 Å². The zero-order chi connectivity index (χ0) is 15.0. The molecule has 0 amide bonds. The minimum atomic E-state index is -0.475. The lowest BCUT2D eigenvalue weighted by Gasteiger charge is -2.28. The summed E-state index contributed by atoms with van der Waals surface area (Å²) in [5.74, 6) is 0. The smallest absolute Gasteiger partial charge is 0.0947 e. The quantitative estimate of drug-likeness (QED) is 0.728. The topological polar surface area (TPSA) is 44.7 Å². The maximum Gasteiger partial charge on any atom is 0.0947 e. The molecule has 2 unspecified atom stereocenters. The largest absolute Gasteiger partial charge is 0.389 e. The molecule has 2 atom stereocenters. The number of likely N-dealkylation sites (N-methyl/N-ethyl adjacent to an activating group) is 1. The van der Waals surface area contributed by atoms with Crippen LogP contribution in [0.5, 0.6) is 0 Å². The minimum Gasteiger partial charge on any atom is -0.389 e. The van der Waals surface area contributed by atoms with Crippen molar-refractivity contribution in [1.82, 2.24) is 5.32 Å². The number of aliphatic hydroxyl groups is 1. The number of nitrogens with one attached hydrogen (secondary N) is 1. The van der Waals surface area contributed by atoms with Crippen molar-refractivity contribution in [1.29, 1.82) is 0 Å². The third-order valence-corrected chi connectivity index (χ3v) is 3.43. The zero-order valence-corrected chi connectivity index (χ0v) is 13.1. The number of aliphatic hydroxyl groups excluding tert-OH is 1. The Bertz CT molecular complexity index is 384. The van der Waals surface area contributed by atoms with Crippen molar-refractivity contribution in [3.8, 4) is 0 Å². The predicted octanol–water partition coefficient (Wildman–Crippen LogP) is 2.19. The monoisotopic (exact) mass is 280 g/mol. The van der Waals surface area contributed by atoms with Crippen LogP contribution in [0.25, 0.3) is 0 Å². The number of rotatable bonds is 9. The highest BCUT2D eigenvalue weighted by molar-refractivity contribution is 5.54. The number of methoxy groups -OCH3 is 1. The molecule has 0 aromatic heterocycles. The number of benzene rings is 1. The Morgan fingerprint density at radius 2 is 2.00 bits per heavy atom. The van der Waals surface area contributed by atoms with Gasteiger partial charge in [-0.15, -0.1) is 0 Å². The summed E-state index contributed by atoms with van der Waals surface area (Å²) >= 11 is 0. The van der Waals surface area contributed by atoms with Crippen molar-refractivity contribution >= 4 is 5.69 Å². The molecule has 4 heteroatoms. The molecule has 0 aliphatic carbocycles. The van der Waals surface area contributed by atoms with Crippen LogP contribution in [0.1, 0.15) is 31.9 Å². The summed E-state index contributed by atoms with van der Waals surface area (Å²) in [4.78, 5) is 2.10. The van der Waals surface area contributed by atoms with Crippen LogP contribution in [0.4, 0.5) is 5.69 Å². The zero-order valence-electron chi connectivity index (χ0n) is 13.1. The molecule has 0 spiro atoms. The fourth-order valence-electron chi connectivity index (χ4n) is 2.51. The van der Waals surface area contributed by atoms with Gasteiger partial charge in [-0.2, -0.15) is 0 Å². The molecule has 0 aliphatic rings. The summed E-state index contributed by atoms with van der Waals surface area (Å²) in [6, 6.07) is 8.72. The fraction of sp³-hybridized carbons (Fsp3) is 0.625. The number of para-hydroxylation sites is 1. The molecular formula is C16H28N2O2. The van der Waals surface area contributed by atoms with E-state index in [0.29, 0.717) is 19.2 Å². The van der Waals surface area contributed by atoms with Gasteiger partial charge in [-0.25, -0.2) is 0 Å². The number of ether oxygens (including phenoxy) is 1.